The Morgan fingerprint density at radius 2 is 2.00 bits per heavy atom. The zero-order valence-corrected chi connectivity index (χ0v) is 16.5. The number of rotatable bonds is 3. The molecule has 0 bridgehead atoms. The highest BCUT2D eigenvalue weighted by Crippen LogP contribution is 2.36. The summed E-state index contributed by atoms with van der Waals surface area (Å²) in [6.45, 7) is 7.94. The van der Waals surface area contributed by atoms with Crippen molar-refractivity contribution in [2.75, 3.05) is 32.0 Å². The van der Waals surface area contributed by atoms with Crippen molar-refractivity contribution in [2.45, 2.75) is 57.8 Å². The summed E-state index contributed by atoms with van der Waals surface area (Å²) in [7, 11) is 2.24. The molecule has 1 atom stereocenters. The Morgan fingerprint density at radius 1 is 1.15 bits per heavy atom. The molecule has 1 saturated heterocycles. The van der Waals surface area contributed by atoms with Gasteiger partial charge >= 0.3 is 0 Å². The fraction of sp³-hybridized carbons (Fsp3) is 0.591. The summed E-state index contributed by atoms with van der Waals surface area (Å²) in [6.07, 6.45) is 6.19. The maximum Gasteiger partial charge on any atom is 0.133 e. The molecule has 0 spiro atoms. The Bertz CT molecular complexity index is 761. The van der Waals surface area contributed by atoms with E-state index in [0.29, 0.717) is 11.8 Å². The number of likely N-dealkylation sites (tertiary alicyclic amines) is 1. The lowest BCUT2D eigenvalue weighted by molar-refractivity contribution is 0.247. The summed E-state index contributed by atoms with van der Waals surface area (Å²) in [6, 6.07) is 8.76. The Morgan fingerprint density at radius 3 is 2.81 bits per heavy atom. The number of anilines is 1. The Kier molecular flexibility index (Phi) is 5.03. The normalized spacial score (nSPS) is 21.3. The molecule has 0 saturated carbocycles. The van der Waals surface area contributed by atoms with Crippen molar-refractivity contribution in [1.82, 2.24) is 14.7 Å². The number of likely N-dealkylation sites (N-methyl/N-ethyl adjacent to an activating group) is 1. The van der Waals surface area contributed by atoms with E-state index in [1.54, 1.807) is 0 Å². The van der Waals surface area contributed by atoms with Gasteiger partial charge < -0.3 is 10.2 Å². The van der Waals surface area contributed by atoms with Gasteiger partial charge in [0.05, 0.1) is 11.4 Å². The molecule has 0 aliphatic carbocycles. The molecule has 4 rings (SSSR count). The molecule has 4 nitrogen and oxygen atoms in total. The zero-order valence-electron chi connectivity index (χ0n) is 16.5. The van der Waals surface area contributed by atoms with Crippen LogP contribution in [0.15, 0.2) is 24.3 Å². The van der Waals surface area contributed by atoms with E-state index in [-0.39, 0.29) is 0 Å². The van der Waals surface area contributed by atoms with Gasteiger partial charge in [-0.1, -0.05) is 32.0 Å². The Balaban J connectivity index is 1.83. The second kappa shape index (κ2) is 7.43. The number of para-hydroxylation sites is 1. The van der Waals surface area contributed by atoms with E-state index in [2.05, 4.69) is 60.1 Å². The SMILES string of the molecule is CC(C)c1ccccc1-n1nc(C2CCCN(C)C2)c2c1NCCCC2. The van der Waals surface area contributed by atoms with Crippen LogP contribution in [0.2, 0.25) is 0 Å². The van der Waals surface area contributed by atoms with Crippen LogP contribution in [-0.4, -0.2) is 41.4 Å². The quantitative estimate of drug-likeness (QED) is 0.879. The minimum absolute atomic E-state index is 0.487. The van der Waals surface area contributed by atoms with Gasteiger partial charge in [0.1, 0.15) is 5.82 Å². The first-order valence-corrected chi connectivity index (χ1v) is 10.3. The van der Waals surface area contributed by atoms with E-state index in [4.69, 9.17) is 5.10 Å². The average Bonchev–Trinajstić information content (AvgIpc) is 2.82. The zero-order chi connectivity index (χ0) is 18.1. The van der Waals surface area contributed by atoms with Gasteiger partial charge in [-0.05, 0) is 63.2 Å². The molecular formula is C22H32N4. The second-order valence-corrected chi connectivity index (χ2v) is 8.32. The van der Waals surface area contributed by atoms with E-state index in [9.17, 15) is 0 Å². The monoisotopic (exact) mass is 352 g/mol. The maximum absolute atomic E-state index is 5.23. The summed E-state index contributed by atoms with van der Waals surface area (Å²) in [4.78, 5) is 2.46. The lowest BCUT2D eigenvalue weighted by Crippen LogP contribution is -2.31. The number of nitrogens with zero attached hydrogens (tertiary/aromatic N) is 3. The first-order chi connectivity index (χ1) is 12.6. The molecule has 2 aromatic rings. The van der Waals surface area contributed by atoms with Crippen molar-refractivity contribution in [3.63, 3.8) is 0 Å². The van der Waals surface area contributed by atoms with Crippen molar-refractivity contribution >= 4 is 5.82 Å². The van der Waals surface area contributed by atoms with Crippen molar-refractivity contribution in [2.24, 2.45) is 0 Å². The third-order valence-electron chi connectivity index (χ3n) is 5.96. The van der Waals surface area contributed by atoms with E-state index in [1.165, 1.54) is 60.6 Å². The molecule has 1 fully saturated rings. The molecule has 4 heteroatoms. The first kappa shape index (κ1) is 17.6. The summed E-state index contributed by atoms with van der Waals surface area (Å²) < 4.78 is 2.22. The highest BCUT2D eigenvalue weighted by Gasteiger charge is 2.29. The van der Waals surface area contributed by atoms with Crippen LogP contribution in [0.25, 0.3) is 5.69 Å². The van der Waals surface area contributed by atoms with Crippen LogP contribution in [-0.2, 0) is 6.42 Å². The molecule has 1 aromatic heterocycles. The van der Waals surface area contributed by atoms with Gasteiger partial charge in [0.2, 0.25) is 0 Å². The summed E-state index contributed by atoms with van der Waals surface area (Å²) in [5, 5.41) is 8.95. The minimum atomic E-state index is 0.487. The summed E-state index contributed by atoms with van der Waals surface area (Å²) in [5.74, 6) is 2.30. The summed E-state index contributed by atoms with van der Waals surface area (Å²) >= 11 is 0. The fourth-order valence-corrected chi connectivity index (χ4v) is 4.59. The van der Waals surface area contributed by atoms with E-state index < -0.39 is 0 Å². The van der Waals surface area contributed by atoms with Crippen molar-refractivity contribution in [3.8, 4) is 5.69 Å². The van der Waals surface area contributed by atoms with E-state index >= 15 is 0 Å². The Hall–Kier alpha value is -1.81. The van der Waals surface area contributed by atoms with Crippen molar-refractivity contribution < 1.29 is 0 Å². The van der Waals surface area contributed by atoms with Crippen LogP contribution in [0.1, 0.15) is 68.2 Å². The molecule has 1 unspecified atom stereocenters. The molecule has 1 aromatic carbocycles. The third-order valence-corrected chi connectivity index (χ3v) is 5.96. The van der Waals surface area contributed by atoms with Crippen LogP contribution in [0.3, 0.4) is 0 Å². The number of piperidine rings is 1. The van der Waals surface area contributed by atoms with Crippen LogP contribution >= 0.6 is 0 Å². The van der Waals surface area contributed by atoms with Gasteiger partial charge in [-0.25, -0.2) is 4.68 Å². The van der Waals surface area contributed by atoms with Crippen LogP contribution in [0.5, 0.6) is 0 Å². The molecule has 2 aliphatic rings. The highest BCUT2D eigenvalue weighted by atomic mass is 15.3. The third kappa shape index (κ3) is 3.27. The minimum Gasteiger partial charge on any atom is -0.370 e. The second-order valence-electron chi connectivity index (χ2n) is 8.32. The lowest BCUT2D eigenvalue weighted by Gasteiger charge is -2.29. The number of hydrogen-bond donors (Lipinski definition) is 1. The number of hydrogen-bond acceptors (Lipinski definition) is 3. The number of fused-ring (bicyclic) bond motifs is 1. The van der Waals surface area contributed by atoms with E-state index in [1.807, 2.05) is 0 Å². The molecule has 26 heavy (non-hydrogen) atoms. The number of benzene rings is 1. The topological polar surface area (TPSA) is 33.1 Å². The molecule has 140 valence electrons. The number of nitrogens with one attached hydrogen (secondary N) is 1. The van der Waals surface area contributed by atoms with Gasteiger partial charge in [-0.2, -0.15) is 5.10 Å². The predicted octanol–water partition coefficient (Wildman–Crippen LogP) is 4.55. The van der Waals surface area contributed by atoms with Gasteiger partial charge in [-0.15, -0.1) is 0 Å². The standard InChI is InChI=1S/C22H32N4/c1-16(2)18-10-4-5-12-20(18)26-22-19(11-6-7-13-23-22)21(24-26)17-9-8-14-25(3)15-17/h4-5,10,12,16-17,23H,6-9,11,13-15H2,1-3H3. The van der Waals surface area contributed by atoms with Crippen LogP contribution < -0.4 is 5.32 Å². The first-order valence-electron chi connectivity index (χ1n) is 10.3. The Labute approximate surface area is 157 Å². The van der Waals surface area contributed by atoms with Gasteiger partial charge in [0, 0.05) is 24.6 Å². The molecule has 0 radical (unpaired) electrons. The molecule has 0 amide bonds. The van der Waals surface area contributed by atoms with Gasteiger partial charge in [0.15, 0.2) is 0 Å². The largest absolute Gasteiger partial charge is 0.370 e. The van der Waals surface area contributed by atoms with Gasteiger partial charge in [0.25, 0.3) is 0 Å². The lowest BCUT2D eigenvalue weighted by atomic mass is 9.91. The van der Waals surface area contributed by atoms with Crippen molar-refractivity contribution in [3.05, 3.63) is 41.1 Å². The molecule has 1 N–H and O–H groups in total. The van der Waals surface area contributed by atoms with Gasteiger partial charge in [-0.3, -0.25) is 0 Å². The van der Waals surface area contributed by atoms with Crippen molar-refractivity contribution in [1.29, 1.82) is 0 Å². The number of aromatic nitrogens is 2. The molecular weight excluding hydrogens is 320 g/mol. The maximum atomic E-state index is 5.23. The average molecular weight is 353 g/mol. The van der Waals surface area contributed by atoms with E-state index in [0.717, 1.165) is 19.5 Å². The van der Waals surface area contributed by atoms with Crippen LogP contribution in [0.4, 0.5) is 5.82 Å². The fourth-order valence-electron chi connectivity index (χ4n) is 4.59. The molecule has 3 heterocycles. The highest BCUT2D eigenvalue weighted by molar-refractivity contribution is 5.57. The predicted molar refractivity (Wildman–Crippen MR) is 109 cm³/mol. The summed E-state index contributed by atoms with van der Waals surface area (Å²) in [5.41, 5.74) is 5.43. The van der Waals surface area contributed by atoms with Crippen LogP contribution in [0, 0.1) is 0 Å². The smallest absolute Gasteiger partial charge is 0.133 e. The molecule has 2 aliphatic heterocycles.